The number of aromatic nitrogens is 1. The van der Waals surface area contributed by atoms with E-state index in [0.717, 1.165) is 6.08 Å². The Morgan fingerprint density at radius 1 is 1.02 bits per heavy atom. The van der Waals surface area contributed by atoms with Gasteiger partial charge in [-0.15, -0.1) is 13.2 Å². The number of carbonyl (C=O) groups excluding carboxylic acids is 3. The first kappa shape index (κ1) is 37.7. The fourth-order valence-electron chi connectivity index (χ4n) is 3.88. The summed E-state index contributed by atoms with van der Waals surface area (Å²) in [4.78, 5) is 42.8. The van der Waals surface area contributed by atoms with E-state index in [1.165, 1.54) is 45.9 Å². The Bertz CT molecular complexity index is 1380. The number of anilines is 1. The van der Waals surface area contributed by atoms with Gasteiger partial charge in [0.1, 0.15) is 11.7 Å². The SMILES string of the molecule is C=CCC[C@@](OCc1ccccc1)(C(=O)NNC(=O)c1nc(OC(C)CC=C)c(C(F)F)cc1NC(=O)OC(C)(C)C)C(F)(F)F. The van der Waals surface area contributed by atoms with Crippen LogP contribution in [0.25, 0.3) is 0 Å². The lowest BCUT2D eigenvalue weighted by Crippen LogP contribution is -2.61. The van der Waals surface area contributed by atoms with Crippen molar-refractivity contribution in [1.82, 2.24) is 15.8 Å². The van der Waals surface area contributed by atoms with Gasteiger partial charge in [-0.3, -0.25) is 25.8 Å². The zero-order valence-electron chi connectivity index (χ0n) is 25.8. The molecule has 0 fully saturated rings. The van der Waals surface area contributed by atoms with Gasteiger partial charge in [0.25, 0.3) is 18.2 Å². The van der Waals surface area contributed by atoms with Crippen LogP contribution in [0.5, 0.6) is 5.88 Å². The van der Waals surface area contributed by atoms with Crippen LogP contribution in [0.15, 0.2) is 61.7 Å². The minimum Gasteiger partial charge on any atom is -0.474 e. The Hall–Kier alpha value is -4.53. The molecule has 0 spiro atoms. The maximum Gasteiger partial charge on any atom is 0.426 e. The highest BCUT2D eigenvalue weighted by Crippen LogP contribution is 2.39. The summed E-state index contributed by atoms with van der Waals surface area (Å²) in [5.41, 5.74) is -2.82. The molecule has 0 bridgehead atoms. The lowest BCUT2D eigenvalue weighted by atomic mass is 9.95. The van der Waals surface area contributed by atoms with E-state index < -0.39 is 83.7 Å². The fraction of sp³-hybridized carbons (Fsp3) is 0.419. The maximum absolute atomic E-state index is 14.5. The van der Waals surface area contributed by atoms with Crippen LogP contribution in [0.1, 0.15) is 75.0 Å². The second-order valence-corrected chi connectivity index (χ2v) is 11.0. The molecule has 2 aromatic rings. The van der Waals surface area contributed by atoms with E-state index in [2.05, 4.69) is 23.5 Å². The van der Waals surface area contributed by atoms with Crippen molar-refractivity contribution in [2.45, 2.75) is 83.5 Å². The number of carbonyl (C=O) groups is 3. The van der Waals surface area contributed by atoms with E-state index in [4.69, 9.17) is 14.2 Å². The molecular weight excluding hydrogens is 619 g/mol. The Balaban J connectivity index is 2.50. The highest BCUT2D eigenvalue weighted by molar-refractivity contribution is 6.02. The van der Waals surface area contributed by atoms with Crippen LogP contribution in [0, 0.1) is 0 Å². The van der Waals surface area contributed by atoms with Crippen LogP contribution in [-0.4, -0.2) is 46.4 Å². The first-order chi connectivity index (χ1) is 21.4. The molecule has 3 N–H and O–H groups in total. The van der Waals surface area contributed by atoms with Gasteiger partial charge >= 0.3 is 12.3 Å². The van der Waals surface area contributed by atoms with Gasteiger partial charge in [0.2, 0.25) is 11.5 Å². The van der Waals surface area contributed by atoms with Gasteiger partial charge in [0.15, 0.2) is 5.69 Å². The number of amides is 3. The number of benzene rings is 1. The normalized spacial score (nSPS) is 13.6. The number of pyridine rings is 1. The van der Waals surface area contributed by atoms with Crippen molar-refractivity contribution in [2.75, 3.05) is 5.32 Å². The lowest BCUT2D eigenvalue weighted by molar-refractivity contribution is -0.273. The van der Waals surface area contributed by atoms with Gasteiger partial charge in [-0.05, 0) is 52.2 Å². The molecule has 2 rings (SSSR count). The van der Waals surface area contributed by atoms with Crippen molar-refractivity contribution >= 4 is 23.6 Å². The second kappa shape index (κ2) is 16.2. The molecule has 0 saturated carbocycles. The Labute approximate surface area is 263 Å². The number of hydrazine groups is 1. The first-order valence-corrected chi connectivity index (χ1v) is 14.0. The maximum atomic E-state index is 14.5. The summed E-state index contributed by atoms with van der Waals surface area (Å²) < 4.78 is 87.3. The average Bonchev–Trinajstić information content (AvgIpc) is 2.95. The smallest absolute Gasteiger partial charge is 0.426 e. The zero-order chi connectivity index (χ0) is 34.7. The van der Waals surface area contributed by atoms with Crippen molar-refractivity contribution < 1.29 is 50.5 Å². The highest BCUT2D eigenvalue weighted by Gasteiger charge is 2.61. The van der Waals surface area contributed by atoms with Crippen LogP contribution in [-0.2, 0) is 20.9 Å². The summed E-state index contributed by atoms with van der Waals surface area (Å²) in [5.74, 6) is -3.87. The Morgan fingerprint density at radius 2 is 1.67 bits per heavy atom. The molecular formula is C31H37F5N4O6. The molecule has 1 aromatic carbocycles. The molecule has 0 aliphatic carbocycles. The number of nitrogens with zero attached hydrogens (tertiary/aromatic N) is 1. The van der Waals surface area contributed by atoms with Gasteiger partial charge in [-0.1, -0.05) is 42.5 Å². The largest absolute Gasteiger partial charge is 0.474 e. The molecule has 15 heteroatoms. The molecule has 0 aliphatic heterocycles. The molecule has 10 nitrogen and oxygen atoms in total. The molecule has 0 aliphatic rings. The van der Waals surface area contributed by atoms with Crippen LogP contribution in [0.3, 0.4) is 0 Å². The fourth-order valence-corrected chi connectivity index (χ4v) is 3.88. The van der Waals surface area contributed by atoms with E-state index in [9.17, 15) is 36.3 Å². The summed E-state index contributed by atoms with van der Waals surface area (Å²) in [6.45, 7) is 12.4. The molecule has 3 amide bonds. The van der Waals surface area contributed by atoms with Crippen LogP contribution >= 0.6 is 0 Å². The summed E-state index contributed by atoms with van der Waals surface area (Å²) in [7, 11) is 0. The molecule has 46 heavy (non-hydrogen) atoms. The van der Waals surface area contributed by atoms with E-state index in [0.29, 0.717) is 11.6 Å². The second-order valence-electron chi connectivity index (χ2n) is 11.0. The molecule has 1 heterocycles. The number of rotatable bonds is 14. The van der Waals surface area contributed by atoms with E-state index in [1.54, 1.807) is 23.6 Å². The number of hydrogen-bond acceptors (Lipinski definition) is 7. The number of ether oxygens (including phenoxy) is 3. The van der Waals surface area contributed by atoms with Crippen molar-refractivity contribution in [1.29, 1.82) is 0 Å². The molecule has 0 saturated heterocycles. The third kappa shape index (κ3) is 10.5. The number of halogens is 5. The average molecular weight is 657 g/mol. The first-order valence-electron chi connectivity index (χ1n) is 14.0. The molecule has 2 atom stereocenters. The highest BCUT2D eigenvalue weighted by atomic mass is 19.4. The van der Waals surface area contributed by atoms with Crippen molar-refractivity contribution in [3.63, 3.8) is 0 Å². The van der Waals surface area contributed by atoms with Gasteiger partial charge in [-0.2, -0.15) is 13.2 Å². The topological polar surface area (TPSA) is 128 Å². The predicted octanol–water partition coefficient (Wildman–Crippen LogP) is 6.95. The summed E-state index contributed by atoms with van der Waals surface area (Å²) in [5, 5.41) is 2.14. The van der Waals surface area contributed by atoms with Crippen molar-refractivity contribution in [3.05, 3.63) is 78.5 Å². The van der Waals surface area contributed by atoms with Crippen LogP contribution in [0.4, 0.5) is 32.4 Å². The van der Waals surface area contributed by atoms with Crippen molar-refractivity contribution in [3.8, 4) is 5.88 Å². The van der Waals surface area contributed by atoms with Gasteiger partial charge in [0, 0.05) is 6.42 Å². The third-order valence-electron chi connectivity index (χ3n) is 6.06. The van der Waals surface area contributed by atoms with Crippen LogP contribution in [0.2, 0.25) is 0 Å². The minimum atomic E-state index is -5.26. The van der Waals surface area contributed by atoms with Crippen LogP contribution < -0.4 is 20.9 Å². The van der Waals surface area contributed by atoms with Gasteiger partial charge in [0.05, 0.1) is 17.9 Å². The summed E-state index contributed by atoms with van der Waals surface area (Å²) >= 11 is 0. The monoisotopic (exact) mass is 656 g/mol. The lowest BCUT2D eigenvalue weighted by Gasteiger charge is -2.34. The Kier molecular flexibility index (Phi) is 13.2. The summed E-state index contributed by atoms with van der Waals surface area (Å²) in [6.07, 6.45) is -8.70. The van der Waals surface area contributed by atoms with Gasteiger partial charge < -0.3 is 14.2 Å². The molecule has 1 aromatic heterocycles. The molecule has 252 valence electrons. The quantitative estimate of drug-likeness (QED) is 0.114. The molecule has 0 radical (unpaired) electrons. The standard InChI is InChI=1S/C31H37F5N4O6/c1-7-9-16-30(31(34,35)36,44-18-20-14-11-10-12-15-20)27(42)40-39-25(41)23-22(37-28(43)46-29(4,5)6)17-21(24(32)33)26(38-23)45-19(3)13-8-2/h7-8,10-12,14-15,17,19,24H,1-2,9,13,16,18H2,3-6H3,(H,37,43)(H,39,41)(H,40,42)/t19?,30-/m1/s1. The number of allylic oxidation sites excluding steroid dienone is 1. The Morgan fingerprint density at radius 3 is 2.22 bits per heavy atom. The number of hydrogen-bond donors (Lipinski definition) is 3. The number of alkyl halides is 5. The van der Waals surface area contributed by atoms with Gasteiger partial charge in [-0.25, -0.2) is 18.6 Å². The number of nitrogens with one attached hydrogen (secondary N) is 3. The molecule has 1 unspecified atom stereocenters. The third-order valence-corrected chi connectivity index (χ3v) is 6.06. The summed E-state index contributed by atoms with van der Waals surface area (Å²) in [6, 6.07) is 8.49. The van der Waals surface area contributed by atoms with E-state index in [-0.39, 0.29) is 12.8 Å². The zero-order valence-corrected chi connectivity index (χ0v) is 25.8. The predicted molar refractivity (Wildman–Crippen MR) is 159 cm³/mol. The van der Waals surface area contributed by atoms with E-state index in [1.807, 2.05) is 5.43 Å². The van der Waals surface area contributed by atoms with E-state index >= 15 is 0 Å². The van der Waals surface area contributed by atoms with Crippen molar-refractivity contribution in [2.24, 2.45) is 0 Å². The minimum absolute atomic E-state index is 0.201.